The standard InChI is InChI=1S/C22H30N4O7S2/c1-11-18-17(12(2)27)21(29)26(18)19(22(30)31)20(11)34-15-7-14(8-24-35(23,32)33)25(10-15)9-13-5-3-4-6-16(13)28/h3-6,11-12,14-15,17-18,24,27-28H,7-10H2,1-2H3,(H,30,31)(H2,23,32,33)/t11-,12-,14+,15+,17-,18-/m1/s1. The number of nitrogens with one attached hydrogen (secondary N) is 1. The van der Waals surface area contributed by atoms with Crippen molar-refractivity contribution in [3.63, 3.8) is 0 Å². The summed E-state index contributed by atoms with van der Waals surface area (Å²) in [4.78, 5) is 28.6. The summed E-state index contributed by atoms with van der Waals surface area (Å²) < 4.78 is 25.3. The van der Waals surface area contributed by atoms with E-state index < -0.39 is 34.2 Å². The van der Waals surface area contributed by atoms with Crippen molar-refractivity contribution in [2.45, 2.75) is 50.3 Å². The van der Waals surface area contributed by atoms with Crippen molar-refractivity contribution in [2.24, 2.45) is 17.0 Å². The van der Waals surface area contributed by atoms with Crippen LogP contribution in [0.1, 0.15) is 25.8 Å². The third-order valence-electron chi connectivity index (χ3n) is 6.98. The van der Waals surface area contributed by atoms with Crippen LogP contribution in [-0.2, 0) is 26.3 Å². The smallest absolute Gasteiger partial charge is 0.353 e. The zero-order valence-corrected chi connectivity index (χ0v) is 21.0. The molecule has 6 atom stereocenters. The lowest BCUT2D eigenvalue weighted by Gasteiger charge is -2.46. The topological polar surface area (TPSA) is 174 Å². The van der Waals surface area contributed by atoms with Crippen molar-refractivity contribution in [1.82, 2.24) is 14.5 Å². The van der Waals surface area contributed by atoms with E-state index in [1.165, 1.54) is 23.6 Å². The highest BCUT2D eigenvalue weighted by Gasteiger charge is 2.60. The number of aliphatic hydroxyl groups is 1. The molecule has 192 valence electrons. The normalized spacial score (nSPS) is 29.9. The summed E-state index contributed by atoms with van der Waals surface area (Å²) >= 11 is 1.39. The molecule has 0 saturated carbocycles. The Morgan fingerprint density at radius 3 is 2.63 bits per heavy atom. The summed E-state index contributed by atoms with van der Waals surface area (Å²) in [6.07, 6.45) is -0.331. The number of rotatable bonds is 9. The van der Waals surface area contributed by atoms with Gasteiger partial charge in [-0.3, -0.25) is 9.69 Å². The number of aliphatic hydroxyl groups excluding tert-OH is 1. The number of carboxylic acid groups (broad SMARTS) is 1. The molecule has 35 heavy (non-hydrogen) atoms. The fourth-order valence-corrected chi connectivity index (χ4v) is 7.38. The van der Waals surface area contributed by atoms with Crippen molar-refractivity contribution < 1.29 is 33.3 Å². The first-order valence-electron chi connectivity index (χ1n) is 11.3. The van der Waals surface area contributed by atoms with E-state index in [4.69, 9.17) is 5.14 Å². The van der Waals surface area contributed by atoms with Crippen LogP contribution in [0.4, 0.5) is 0 Å². The summed E-state index contributed by atoms with van der Waals surface area (Å²) in [7, 11) is -3.90. The largest absolute Gasteiger partial charge is 0.508 e. The number of nitrogens with two attached hydrogens (primary N) is 1. The molecular formula is C22H30N4O7S2. The van der Waals surface area contributed by atoms with Gasteiger partial charge in [0.15, 0.2) is 0 Å². The Balaban J connectivity index is 1.56. The summed E-state index contributed by atoms with van der Waals surface area (Å²) in [5.41, 5.74) is 0.653. The number of amides is 1. The highest BCUT2D eigenvalue weighted by molar-refractivity contribution is 8.03. The van der Waals surface area contributed by atoms with Gasteiger partial charge in [0.1, 0.15) is 11.4 Å². The number of fused-ring (bicyclic) bond motifs is 1. The Morgan fingerprint density at radius 1 is 1.34 bits per heavy atom. The number of hydrogen-bond donors (Lipinski definition) is 5. The van der Waals surface area contributed by atoms with E-state index in [9.17, 15) is 33.3 Å². The molecular weight excluding hydrogens is 496 g/mol. The maximum absolute atomic E-state index is 12.6. The predicted octanol–water partition coefficient (Wildman–Crippen LogP) is 0.0151. The molecule has 1 amide bonds. The van der Waals surface area contributed by atoms with Crippen LogP contribution in [0.15, 0.2) is 34.9 Å². The van der Waals surface area contributed by atoms with Gasteiger partial charge >= 0.3 is 5.97 Å². The molecule has 0 bridgehead atoms. The Hall–Kier alpha value is -2.16. The van der Waals surface area contributed by atoms with Gasteiger partial charge in [0, 0.05) is 47.3 Å². The fourth-order valence-electron chi connectivity index (χ4n) is 5.36. The van der Waals surface area contributed by atoms with Gasteiger partial charge in [-0.15, -0.1) is 11.8 Å². The minimum atomic E-state index is -3.90. The lowest BCUT2D eigenvalue weighted by Crippen LogP contribution is -2.63. The number of likely N-dealkylation sites (tertiary alicyclic amines) is 1. The second-order valence-electron chi connectivity index (χ2n) is 9.35. The van der Waals surface area contributed by atoms with E-state index in [1.807, 2.05) is 11.8 Å². The van der Waals surface area contributed by atoms with Crippen molar-refractivity contribution >= 4 is 33.8 Å². The Morgan fingerprint density at radius 2 is 2.03 bits per heavy atom. The number of hydrogen-bond acceptors (Lipinski definition) is 8. The van der Waals surface area contributed by atoms with Gasteiger partial charge in [-0.2, -0.15) is 8.42 Å². The average molecular weight is 527 g/mol. The summed E-state index contributed by atoms with van der Waals surface area (Å²) in [6, 6.07) is 6.26. The average Bonchev–Trinajstić information content (AvgIpc) is 3.24. The van der Waals surface area contributed by atoms with Crippen LogP contribution in [0.5, 0.6) is 5.75 Å². The number of nitrogens with zero attached hydrogens (tertiary/aromatic N) is 2. The maximum Gasteiger partial charge on any atom is 0.353 e. The summed E-state index contributed by atoms with van der Waals surface area (Å²) in [5.74, 6) is -2.32. The highest BCUT2D eigenvalue weighted by Crippen LogP contribution is 2.52. The molecule has 1 aromatic rings. The van der Waals surface area contributed by atoms with Crippen LogP contribution in [0, 0.1) is 11.8 Å². The number of carbonyl (C=O) groups is 2. The van der Waals surface area contributed by atoms with Crippen LogP contribution in [0.2, 0.25) is 0 Å². The Labute approximate surface area is 208 Å². The minimum Gasteiger partial charge on any atom is -0.508 e. The van der Waals surface area contributed by atoms with E-state index in [-0.39, 0.29) is 41.1 Å². The molecule has 0 spiro atoms. The van der Waals surface area contributed by atoms with Crippen molar-refractivity contribution in [3.8, 4) is 5.75 Å². The first-order valence-corrected chi connectivity index (χ1v) is 13.7. The first-order chi connectivity index (χ1) is 16.4. The molecule has 1 aromatic carbocycles. The third-order valence-corrected chi connectivity index (χ3v) is 9.04. The number of aliphatic carboxylic acids is 1. The molecule has 4 rings (SSSR count). The molecule has 6 N–H and O–H groups in total. The number of para-hydroxylation sites is 1. The number of aromatic hydroxyl groups is 1. The van der Waals surface area contributed by atoms with Gasteiger partial charge in [-0.05, 0) is 19.4 Å². The monoisotopic (exact) mass is 526 g/mol. The van der Waals surface area contributed by atoms with Crippen molar-refractivity contribution in [2.75, 3.05) is 13.1 Å². The quantitative estimate of drug-likeness (QED) is 0.278. The van der Waals surface area contributed by atoms with Gasteiger partial charge in [0.2, 0.25) is 5.91 Å². The first kappa shape index (κ1) is 25.9. The molecule has 2 fully saturated rings. The SMILES string of the molecule is C[C@@H](O)[C@H]1C(=O)N2C(C(=O)O)=C(S[C@H]3C[C@@H](CNS(N)(=O)=O)N(Cc4ccccc4O)C3)[C@H](C)[C@H]12. The van der Waals surface area contributed by atoms with E-state index >= 15 is 0 Å². The number of phenols is 1. The van der Waals surface area contributed by atoms with E-state index in [0.29, 0.717) is 30.0 Å². The predicted molar refractivity (Wildman–Crippen MR) is 129 cm³/mol. The van der Waals surface area contributed by atoms with Gasteiger partial charge in [-0.25, -0.2) is 14.7 Å². The molecule has 0 aliphatic carbocycles. The van der Waals surface area contributed by atoms with E-state index in [1.54, 1.807) is 24.3 Å². The van der Waals surface area contributed by atoms with Crippen molar-refractivity contribution in [1.29, 1.82) is 0 Å². The van der Waals surface area contributed by atoms with Crippen molar-refractivity contribution in [3.05, 3.63) is 40.4 Å². The fraction of sp³-hybridized carbons (Fsp3) is 0.545. The van der Waals surface area contributed by atoms with Crippen LogP contribution >= 0.6 is 11.8 Å². The molecule has 13 heteroatoms. The van der Waals surface area contributed by atoms with Crippen LogP contribution in [0.25, 0.3) is 0 Å². The van der Waals surface area contributed by atoms with Crippen LogP contribution in [-0.4, -0.2) is 81.9 Å². The second-order valence-corrected chi connectivity index (χ2v) is 12.1. The number of benzene rings is 1. The molecule has 3 heterocycles. The van der Waals surface area contributed by atoms with Gasteiger partial charge in [0.05, 0.1) is 18.1 Å². The third kappa shape index (κ3) is 5.06. The zero-order chi connectivity index (χ0) is 25.7. The highest BCUT2D eigenvalue weighted by atomic mass is 32.2. The molecule has 0 unspecified atom stereocenters. The number of phenolic OH excluding ortho intramolecular Hbond substituents is 1. The minimum absolute atomic E-state index is 0.0345. The molecule has 3 aliphatic heterocycles. The Bertz CT molecular complexity index is 1160. The van der Waals surface area contributed by atoms with Gasteiger partial charge in [0.25, 0.3) is 10.2 Å². The molecule has 11 nitrogen and oxygen atoms in total. The van der Waals surface area contributed by atoms with E-state index in [0.717, 1.165) is 0 Å². The number of carboxylic acids is 1. The molecule has 2 saturated heterocycles. The molecule has 0 aromatic heterocycles. The summed E-state index contributed by atoms with van der Waals surface area (Å²) in [6.45, 7) is 4.36. The Kier molecular flexibility index (Phi) is 7.19. The number of carbonyl (C=O) groups excluding carboxylic acids is 1. The van der Waals surface area contributed by atoms with Gasteiger partial charge in [-0.1, -0.05) is 25.1 Å². The number of thioether (sulfide) groups is 1. The molecule has 0 radical (unpaired) electrons. The number of β-lactam (4-membered cyclic amide) rings is 1. The maximum atomic E-state index is 12.6. The van der Waals surface area contributed by atoms with E-state index in [2.05, 4.69) is 4.72 Å². The summed E-state index contributed by atoms with van der Waals surface area (Å²) in [5, 5.41) is 35.2. The van der Waals surface area contributed by atoms with Crippen LogP contribution < -0.4 is 9.86 Å². The molecule has 3 aliphatic rings. The van der Waals surface area contributed by atoms with Gasteiger partial charge < -0.3 is 20.2 Å². The zero-order valence-electron chi connectivity index (χ0n) is 19.4. The second kappa shape index (κ2) is 9.71. The van der Waals surface area contributed by atoms with Crippen LogP contribution in [0.3, 0.4) is 0 Å². The lowest BCUT2D eigenvalue weighted by atomic mass is 9.79. The lowest BCUT2D eigenvalue weighted by molar-refractivity contribution is -0.163.